The zero-order valence-electron chi connectivity index (χ0n) is 13.9. The molecule has 2 saturated heterocycles. The number of ether oxygens (including phenoxy) is 5. The zero-order valence-corrected chi connectivity index (χ0v) is 13.9. The third-order valence-corrected chi connectivity index (χ3v) is 4.42. The van der Waals surface area contributed by atoms with Crippen LogP contribution in [0, 0.1) is 0 Å². The average Bonchev–Trinajstić information content (AvgIpc) is 2.61. The quantitative estimate of drug-likeness (QED) is 0.269. The number of hydrogen-bond donors (Lipinski definition) is 6. The van der Waals surface area contributed by atoms with Gasteiger partial charge in [-0.1, -0.05) is 0 Å². The minimum Gasteiger partial charge on any atom is -0.394 e. The molecule has 10 atom stereocenters. The van der Waals surface area contributed by atoms with Crippen LogP contribution in [0.2, 0.25) is 0 Å². The van der Waals surface area contributed by atoms with Crippen molar-refractivity contribution in [2.45, 2.75) is 61.4 Å². The largest absolute Gasteiger partial charge is 0.394 e. The molecule has 0 aromatic heterocycles. The Morgan fingerprint density at radius 2 is 1.36 bits per heavy atom. The molecule has 2 aliphatic heterocycles. The number of aliphatic hydroxyl groups is 6. The maximum absolute atomic E-state index is 10.2. The zero-order chi connectivity index (χ0) is 18.7. The van der Waals surface area contributed by atoms with Gasteiger partial charge >= 0.3 is 0 Å². The molecule has 0 bridgehead atoms. The summed E-state index contributed by atoms with van der Waals surface area (Å²) in [6.07, 6.45) is -12.6. The molecule has 2 heterocycles. The highest BCUT2D eigenvalue weighted by Crippen LogP contribution is 2.26. The van der Waals surface area contributed by atoms with Crippen LogP contribution in [0.1, 0.15) is 0 Å². The molecule has 148 valence electrons. The maximum Gasteiger partial charge on any atom is 0.186 e. The summed E-state index contributed by atoms with van der Waals surface area (Å²) in [6, 6.07) is 0. The highest BCUT2D eigenvalue weighted by molar-refractivity contribution is 4.92. The summed E-state index contributed by atoms with van der Waals surface area (Å²) in [4.78, 5) is 0. The van der Waals surface area contributed by atoms with E-state index < -0.39 is 68.0 Å². The lowest BCUT2D eigenvalue weighted by Crippen LogP contribution is -2.62. The van der Waals surface area contributed by atoms with Gasteiger partial charge in [0.1, 0.15) is 48.8 Å². The van der Waals surface area contributed by atoms with Crippen molar-refractivity contribution in [3.05, 3.63) is 0 Å². The van der Waals surface area contributed by atoms with Gasteiger partial charge < -0.3 is 54.3 Å². The van der Waals surface area contributed by atoms with Crippen LogP contribution < -0.4 is 0 Å². The van der Waals surface area contributed by atoms with Gasteiger partial charge in [-0.15, -0.1) is 0 Å². The molecule has 0 amide bonds. The SMILES string of the molecule is CO[C@@H]1OC(CO[C@@H]2OC(CO)[C@@H](O)[C@@H](OC)C2O)[C@@H](O)[C@@H](O)C1O. The molecule has 0 saturated carbocycles. The molecule has 11 nitrogen and oxygen atoms in total. The Morgan fingerprint density at radius 1 is 0.720 bits per heavy atom. The average molecular weight is 370 g/mol. The van der Waals surface area contributed by atoms with Gasteiger partial charge in [0.05, 0.1) is 13.2 Å². The highest BCUT2D eigenvalue weighted by Gasteiger charge is 2.47. The van der Waals surface area contributed by atoms with Gasteiger partial charge in [0, 0.05) is 14.2 Å². The first-order valence-corrected chi connectivity index (χ1v) is 7.85. The molecule has 0 aromatic rings. The van der Waals surface area contributed by atoms with Gasteiger partial charge in [0.15, 0.2) is 12.6 Å². The fraction of sp³-hybridized carbons (Fsp3) is 1.00. The maximum atomic E-state index is 10.2. The number of rotatable bonds is 6. The minimum atomic E-state index is -1.51. The van der Waals surface area contributed by atoms with Crippen molar-refractivity contribution >= 4 is 0 Å². The molecule has 0 aromatic carbocycles. The molecule has 2 aliphatic rings. The van der Waals surface area contributed by atoms with E-state index in [4.69, 9.17) is 23.7 Å². The summed E-state index contributed by atoms with van der Waals surface area (Å²) in [5, 5.41) is 58.9. The predicted octanol–water partition coefficient (Wildman–Crippen LogP) is -4.09. The van der Waals surface area contributed by atoms with E-state index in [-0.39, 0.29) is 6.61 Å². The Balaban J connectivity index is 1.99. The van der Waals surface area contributed by atoms with Crippen LogP contribution in [-0.2, 0) is 23.7 Å². The van der Waals surface area contributed by atoms with Gasteiger partial charge in [-0.3, -0.25) is 0 Å². The third kappa shape index (κ3) is 4.28. The van der Waals surface area contributed by atoms with Crippen LogP contribution in [0.5, 0.6) is 0 Å². The Kier molecular flexibility index (Phi) is 7.49. The number of aliphatic hydroxyl groups excluding tert-OH is 6. The first-order chi connectivity index (χ1) is 11.8. The molecule has 4 unspecified atom stereocenters. The van der Waals surface area contributed by atoms with E-state index in [1.54, 1.807) is 0 Å². The number of methoxy groups -OCH3 is 2. The lowest BCUT2D eigenvalue weighted by molar-refractivity contribution is -0.330. The van der Waals surface area contributed by atoms with E-state index in [0.717, 1.165) is 0 Å². The van der Waals surface area contributed by atoms with Gasteiger partial charge in [-0.2, -0.15) is 0 Å². The highest BCUT2D eigenvalue weighted by atomic mass is 16.7. The van der Waals surface area contributed by atoms with E-state index in [0.29, 0.717) is 0 Å². The van der Waals surface area contributed by atoms with Gasteiger partial charge in [-0.25, -0.2) is 0 Å². The molecule has 2 rings (SSSR count). The van der Waals surface area contributed by atoms with E-state index in [2.05, 4.69) is 0 Å². The minimum absolute atomic E-state index is 0.322. The van der Waals surface area contributed by atoms with Crippen molar-refractivity contribution in [2.24, 2.45) is 0 Å². The Bertz CT molecular complexity index is 408. The first kappa shape index (κ1) is 20.9. The first-order valence-electron chi connectivity index (χ1n) is 7.85. The molecule has 25 heavy (non-hydrogen) atoms. The topological polar surface area (TPSA) is 168 Å². The van der Waals surface area contributed by atoms with Crippen molar-refractivity contribution < 1.29 is 54.3 Å². The summed E-state index contributed by atoms with van der Waals surface area (Å²) >= 11 is 0. The van der Waals surface area contributed by atoms with Crippen LogP contribution in [0.3, 0.4) is 0 Å². The Morgan fingerprint density at radius 3 is 1.92 bits per heavy atom. The molecule has 0 radical (unpaired) electrons. The summed E-state index contributed by atoms with van der Waals surface area (Å²) < 4.78 is 25.9. The van der Waals surface area contributed by atoms with Crippen LogP contribution in [-0.4, -0.2) is 119 Å². The van der Waals surface area contributed by atoms with E-state index in [9.17, 15) is 30.6 Å². The molecule has 6 N–H and O–H groups in total. The summed E-state index contributed by atoms with van der Waals surface area (Å²) in [5.41, 5.74) is 0. The van der Waals surface area contributed by atoms with Crippen molar-refractivity contribution in [2.75, 3.05) is 27.4 Å². The standard InChI is InChI=1S/C14H26O11/c1-21-12-8(17)5(3-15)24-14(11(12)20)23-4-6-7(16)9(18)10(19)13(22-2)25-6/h5-20H,3-4H2,1-2H3/t5?,6?,7-,8-,9-,10?,11?,12-,13-,14-/m1/s1. The summed E-state index contributed by atoms with van der Waals surface area (Å²) in [7, 11) is 2.55. The lowest BCUT2D eigenvalue weighted by atomic mass is 9.98. The predicted molar refractivity (Wildman–Crippen MR) is 78.2 cm³/mol. The smallest absolute Gasteiger partial charge is 0.186 e. The molecular formula is C14H26O11. The molecule has 11 heteroatoms. The summed E-state index contributed by atoms with van der Waals surface area (Å²) in [6.45, 7) is -0.843. The monoisotopic (exact) mass is 370 g/mol. The van der Waals surface area contributed by atoms with Crippen molar-refractivity contribution in [1.29, 1.82) is 0 Å². The van der Waals surface area contributed by atoms with Crippen molar-refractivity contribution in [3.8, 4) is 0 Å². The lowest BCUT2D eigenvalue weighted by Gasteiger charge is -2.43. The van der Waals surface area contributed by atoms with Gasteiger partial charge in [-0.05, 0) is 0 Å². The normalized spacial score (nSPS) is 48.5. The molecular weight excluding hydrogens is 344 g/mol. The molecule has 0 spiro atoms. The van der Waals surface area contributed by atoms with Crippen molar-refractivity contribution in [3.63, 3.8) is 0 Å². The molecule has 0 aliphatic carbocycles. The Hall–Kier alpha value is -0.440. The second-order valence-corrected chi connectivity index (χ2v) is 5.99. The van der Waals surface area contributed by atoms with E-state index >= 15 is 0 Å². The Labute approximate surface area is 144 Å². The van der Waals surface area contributed by atoms with Crippen LogP contribution in [0.25, 0.3) is 0 Å². The second kappa shape index (κ2) is 8.97. The van der Waals surface area contributed by atoms with Crippen LogP contribution in [0.15, 0.2) is 0 Å². The van der Waals surface area contributed by atoms with Crippen LogP contribution >= 0.6 is 0 Å². The van der Waals surface area contributed by atoms with Gasteiger partial charge in [0.2, 0.25) is 0 Å². The van der Waals surface area contributed by atoms with E-state index in [1.807, 2.05) is 0 Å². The number of hydrogen-bond acceptors (Lipinski definition) is 11. The second-order valence-electron chi connectivity index (χ2n) is 5.99. The van der Waals surface area contributed by atoms with E-state index in [1.165, 1.54) is 14.2 Å². The molecule has 2 fully saturated rings. The third-order valence-electron chi connectivity index (χ3n) is 4.42. The summed E-state index contributed by atoms with van der Waals surface area (Å²) in [5.74, 6) is 0. The fourth-order valence-electron chi connectivity index (χ4n) is 2.91. The van der Waals surface area contributed by atoms with Crippen molar-refractivity contribution in [1.82, 2.24) is 0 Å². The fourth-order valence-corrected chi connectivity index (χ4v) is 2.91. The van der Waals surface area contributed by atoms with Crippen LogP contribution in [0.4, 0.5) is 0 Å². The van der Waals surface area contributed by atoms with Gasteiger partial charge in [0.25, 0.3) is 0 Å².